The number of phenolic OH excluding ortho intramolecular Hbond substituents is 1. The van der Waals surface area contributed by atoms with E-state index in [1.165, 1.54) is 7.11 Å². The monoisotopic (exact) mass is 447 g/mol. The number of carbonyl (C=O) groups is 1. The lowest BCUT2D eigenvalue weighted by Gasteiger charge is -2.40. The number of unbranched alkanes of at least 4 members (excludes halogenated alkanes) is 2. The Balaban J connectivity index is 1.87. The number of allylic oxidation sites excluding steroid dienone is 1. The number of rotatable bonds is 8. The molecule has 1 aliphatic rings. The van der Waals surface area contributed by atoms with Crippen LogP contribution in [0.25, 0.3) is 11.6 Å². The average molecular weight is 448 g/mol. The van der Waals surface area contributed by atoms with E-state index in [-0.39, 0.29) is 11.3 Å². The molecule has 0 saturated heterocycles. The molecule has 0 aliphatic carbocycles. The van der Waals surface area contributed by atoms with Crippen molar-refractivity contribution < 1.29 is 24.2 Å². The van der Waals surface area contributed by atoms with E-state index in [1.54, 1.807) is 42.7 Å². The number of phenols is 1. The Morgan fingerprint density at radius 2 is 1.94 bits per heavy atom. The number of hydrogen-bond donors (Lipinski definition) is 3. The molecule has 6 nitrogen and oxygen atoms in total. The van der Waals surface area contributed by atoms with Gasteiger partial charge in [-0.1, -0.05) is 50.1 Å². The van der Waals surface area contributed by atoms with Crippen molar-refractivity contribution in [3.8, 4) is 5.75 Å². The first-order chi connectivity index (χ1) is 16.0. The number of anilines is 1. The molecule has 1 aliphatic heterocycles. The lowest BCUT2D eigenvalue weighted by molar-refractivity contribution is -0.142. The van der Waals surface area contributed by atoms with Gasteiger partial charge >= 0.3 is 0 Å². The summed E-state index contributed by atoms with van der Waals surface area (Å²) < 4.78 is 11.1. The van der Waals surface area contributed by atoms with Crippen LogP contribution < -0.4 is 5.32 Å². The second-order valence-electron chi connectivity index (χ2n) is 8.27. The van der Waals surface area contributed by atoms with Crippen LogP contribution in [0.15, 0.2) is 65.3 Å². The van der Waals surface area contributed by atoms with Gasteiger partial charge in [-0.15, -0.1) is 0 Å². The van der Waals surface area contributed by atoms with Crippen LogP contribution in [-0.4, -0.2) is 29.3 Å². The molecule has 3 N–H and O–H groups in total. The average Bonchev–Trinajstić information content (AvgIpc) is 3.35. The topological polar surface area (TPSA) is 91.9 Å². The van der Waals surface area contributed by atoms with Crippen molar-refractivity contribution in [1.29, 1.82) is 0 Å². The minimum Gasteiger partial charge on any atom is -0.507 e. The predicted molar refractivity (Wildman–Crippen MR) is 128 cm³/mol. The number of furan rings is 1. The Morgan fingerprint density at radius 1 is 1.15 bits per heavy atom. The highest BCUT2D eigenvalue weighted by Crippen LogP contribution is 2.48. The molecule has 2 unspecified atom stereocenters. The number of benzene rings is 2. The summed E-state index contributed by atoms with van der Waals surface area (Å²) in [6, 6.07) is 16.0. The summed E-state index contributed by atoms with van der Waals surface area (Å²) in [6.45, 7) is 2.15. The number of amides is 1. The number of nitrogens with one attached hydrogen (secondary N) is 1. The van der Waals surface area contributed by atoms with E-state index in [2.05, 4.69) is 12.2 Å². The van der Waals surface area contributed by atoms with Crippen molar-refractivity contribution in [2.75, 3.05) is 12.4 Å². The van der Waals surface area contributed by atoms with Gasteiger partial charge in [0.2, 0.25) is 0 Å². The van der Waals surface area contributed by atoms with Crippen molar-refractivity contribution in [1.82, 2.24) is 0 Å². The fourth-order valence-electron chi connectivity index (χ4n) is 4.48. The van der Waals surface area contributed by atoms with Crippen LogP contribution in [0, 0.1) is 0 Å². The third kappa shape index (κ3) is 4.19. The Bertz CT molecular complexity index is 1140. The van der Waals surface area contributed by atoms with Crippen molar-refractivity contribution in [3.05, 3.63) is 83.3 Å². The first kappa shape index (κ1) is 22.8. The molecule has 4 rings (SSSR count). The molecule has 1 amide bonds. The molecule has 172 valence electrons. The number of ether oxygens (including phenoxy) is 1. The molecule has 1 aromatic heterocycles. The Morgan fingerprint density at radius 3 is 2.61 bits per heavy atom. The zero-order chi connectivity index (χ0) is 23.4. The molecular weight excluding hydrogens is 418 g/mol. The second kappa shape index (κ2) is 9.65. The molecule has 2 heterocycles. The van der Waals surface area contributed by atoms with Crippen LogP contribution >= 0.6 is 0 Å². The molecule has 0 fully saturated rings. The highest BCUT2D eigenvalue weighted by Gasteiger charge is 2.51. The molecular formula is C27H29NO5. The van der Waals surface area contributed by atoms with E-state index in [0.717, 1.165) is 37.0 Å². The van der Waals surface area contributed by atoms with Gasteiger partial charge in [0.05, 0.1) is 17.5 Å². The molecule has 2 atom stereocenters. The maximum absolute atomic E-state index is 12.8. The summed E-state index contributed by atoms with van der Waals surface area (Å²) >= 11 is 0. The number of fused-ring (bicyclic) bond motifs is 1. The van der Waals surface area contributed by atoms with E-state index in [9.17, 15) is 15.0 Å². The third-order valence-electron chi connectivity index (χ3n) is 6.13. The second-order valence-corrected chi connectivity index (χ2v) is 8.27. The van der Waals surface area contributed by atoms with Crippen LogP contribution in [-0.2, 0) is 15.1 Å². The van der Waals surface area contributed by atoms with Gasteiger partial charge < -0.3 is 24.7 Å². The standard InChI is InChI=1S/C27H29NO5/c1-3-4-6-10-18(22-13-9-16-33-22)17-19-14-15-21-23(24(19)29)27(31,20-11-7-5-8-12-20)25(32-2)26(30)28-21/h5,7-9,11-17,25,29,31H,3-4,6,10H2,1-2H3,(H,28,30)/b18-17+. The highest BCUT2D eigenvalue weighted by molar-refractivity contribution is 6.01. The lowest BCUT2D eigenvalue weighted by Crippen LogP contribution is -2.52. The van der Waals surface area contributed by atoms with E-state index in [4.69, 9.17) is 9.15 Å². The molecule has 0 saturated carbocycles. The van der Waals surface area contributed by atoms with Gasteiger partial charge in [-0.05, 0) is 54.3 Å². The maximum Gasteiger partial charge on any atom is 0.257 e. The largest absolute Gasteiger partial charge is 0.507 e. The Kier molecular flexibility index (Phi) is 6.67. The SMILES string of the molecule is CCCCC/C(=C\c1ccc2c(c1O)C(O)(c1ccccc1)C(OC)C(=O)N2)c1ccco1. The summed E-state index contributed by atoms with van der Waals surface area (Å²) in [4.78, 5) is 12.8. The molecule has 33 heavy (non-hydrogen) atoms. The van der Waals surface area contributed by atoms with Gasteiger partial charge in [-0.2, -0.15) is 0 Å². The van der Waals surface area contributed by atoms with Gasteiger partial charge in [-0.3, -0.25) is 4.79 Å². The molecule has 0 spiro atoms. The van der Waals surface area contributed by atoms with Gasteiger partial charge in [-0.25, -0.2) is 0 Å². The summed E-state index contributed by atoms with van der Waals surface area (Å²) in [5, 5.41) is 26.1. The Hall–Kier alpha value is -3.35. The van der Waals surface area contributed by atoms with Crippen molar-refractivity contribution in [2.24, 2.45) is 0 Å². The summed E-state index contributed by atoms with van der Waals surface area (Å²) in [5.41, 5.74) is 0.626. The van der Waals surface area contributed by atoms with E-state index >= 15 is 0 Å². The fourth-order valence-corrected chi connectivity index (χ4v) is 4.48. The fraction of sp³-hybridized carbons (Fsp3) is 0.296. The van der Waals surface area contributed by atoms with Crippen LogP contribution in [0.3, 0.4) is 0 Å². The van der Waals surface area contributed by atoms with E-state index in [0.29, 0.717) is 16.8 Å². The lowest BCUT2D eigenvalue weighted by atomic mass is 9.76. The molecule has 0 bridgehead atoms. The first-order valence-electron chi connectivity index (χ1n) is 11.2. The number of hydrogen-bond acceptors (Lipinski definition) is 5. The summed E-state index contributed by atoms with van der Waals surface area (Å²) in [7, 11) is 1.37. The number of carbonyl (C=O) groups excluding carboxylic acids is 1. The minimum atomic E-state index is -1.87. The molecule has 2 aromatic carbocycles. The molecule has 6 heteroatoms. The number of methoxy groups -OCH3 is 1. The Labute approximate surface area is 193 Å². The van der Waals surface area contributed by atoms with Crippen molar-refractivity contribution in [2.45, 2.75) is 44.3 Å². The van der Waals surface area contributed by atoms with E-state index < -0.39 is 17.6 Å². The van der Waals surface area contributed by atoms with Crippen LogP contribution in [0.5, 0.6) is 5.75 Å². The quantitative estimate of drug-likeness (QED) is 0.407. The molecule has 3 aromatic rings. The smallest absolute Gasteiger partial charge is 0.257 e. The van der Waals surface area contributed by atoms with Crippen LogP contribution in [0.2, 0.25) is 0 Å². The zero-order valence-electron chi connectivity index (χ0n) is 18.9. The molecule has 0 radical (unpaired) electrons. The normalized spacial score (nSPS) is 20.4. The van der Waals surface area contributed by atoms with Crippen LogP contribution in [0.4, 0.5) is 5.69 Å². The van der Waals surface area contributed by atoms with Crippen molar-refractivity contribution in [3.63, 3.8) is 0 Å². The van der Waals surface area contributed by atoms with Crippen LogP contribution in [0.1, 0.15) is 55.1 Å². The predicted octanol–water partition coefficient (Wildman–Crippen LogP) is 5.31. The summed E-state index contributed by atoms with van der Waals surface area (Å²) in [6.07, 6.45) is 6.24. The van der Waals surface area contributed by atoms with Gasteiger partial charge in [0.1, 0.15) is 11.5 Å². The van der Waals surface area contributed by atoms with Gasteiger partial charge in [0, 0.05) is 12.7 Å². The van der Waals surface area contributed by atoms with Gasteiger partial charge in [0.25, 0.3) is 5.91 Å². The van der Waals surface area contributed by atoms with Gasteiger partial charge in [0.15, 0.2) is 11.7 Å². The first-order valence-corrected chi connectivity index (χ1v) is 11.2. The minimum absolute atomic E-state index is 0.111. The summed E-state index contributed by atoms with van der Waals surface area (Å²) in [5.74, 6) is 0.153. The maximum atomic E-state index is 12.8. The number of aliphatic hydroxyl groups is 1. The highest BCUT2D eigenvalue weighted by atomic mass is 16.5. The zero-order valence-corrected chi connectivity index (χ0v) is 18.9. The number of aromatic hydroxyl groups is 1. The van der Waals surface area contributed by atoms with E-state index in [1.807, 2.05) is 24.3 Å². The third-order valence-corrected chi connectivity index (χ3v) is 6.13. The van der Waals surface area contributed by atoms with Crippen molar-refractivity contribution >= 4 is 23.2 Å².